The Bertz CT molecular complexity index is 255. The average Bonchev–Trinajstić information content (AvgIpc) is 2.41. The molecule has 1 unspecified atom stereocenters. The van der Waals surface area contributed by atoms with E-state index in [2.05, 4.69) is 27.5 Å². The molecule has 1 rings (SSSR count). The van der Waals surface area contributed by atoms with E-state index in [-0.39, 0.29) is 11.9 Å². The van der Waals surface area contributed by atoms with Crippen molar-refractivity contribution in [2.24, 2.45) is 0 Å². The number of hydrogen-bond acceptors (Lipinski definition) is 5. The minimum absolute atomic E-state index is 0.0374. The minimum Gasteiger partial charge on any atom is -0.383 e. The Morgan fingerprint density at radius 3 is 2.58 bits per heavy atom. The minimum atomic E-state index is -0.149. The second-order valence-corrected chi connectivity index (χ2v) is 5.10. The number of carbonyl (C=O) groups is 1. The van der Waals surface area contributed by atoms with Crippen LogP contribution in [0.3, 0.4) is 0 Å². The third-order valence-electron chi connectivity index (χ3n) is 3.47. The summed E-state index contributed by atoms with van der Waals surface area (Å²) in [5, 5.41) is 6.09. The molecule has 112 valence electrons. The standard InChI is InChI=1S/C13H28N4O2/c1-12(13(18)15-5-11-19-3)14-4-6-17-9-7-16(2)8-10-17/h12,14H,4-11H2,1-3H3,(H,15,18). The van der Waals surface area contributed by atoms with Crippen LogP contribution in [-0.4, -0.2) is 88.3 Å². The van der Waals surface area contributed by atoms with E-state index in [4.69, 9.17) is 4.74 Å². The van der Waals surface area contributed by atoms with Crippen LogP contribution in [0.1, 0.15) is 6.92 Å². The zero-order chi connectivity index (χ0) is 14.1. The first kappa shape index (κ1) is 16.4. The Morgan fingerprint density at radius 1 is 1.26 bits per heavy atom. The summed E-state index contributed by atoms with van der Waals surface area (Å²) >= 11 is 0. The molecule has 2 N–H and O–H groups in total. The Balaban J connectivity index is 2.06. The van der Waals surface area contributed by atoms with Crippen molar-refractivity contribution in [1.82, 2.24) is 20.4 Å². The predicted octanol–water partition coefficient (Wildman–Crippen LogP) is -1.03. The molecule has 0 aliphatic carbocycles. The molecular formula is C13H28N4O2. The molecule has 1 amide bonds. The molecule has 0 saturated carbocycles. The van der Waals surface area contributed by atoms with E-state index in [1.807, 2.05) is 6.92 Å². The van der Waals surface area contributed by atoms with Gasteiger partial charge in [0.25, 0.3) is 0 Å². The number of likely N-dealkylation sites (N-methyl/N-ethyl adjacent to an activating group) is 1. The van der Waals surface area contributed by atoms with Crippen LogP contribution >= 0.6 is 0 Å². The van der Waals surface area contributed by atoms with Crippen molar-refractivity contribution >= 4 is 5.91 Å². The van der Waals surface area contributed by atoms with Crippen molar-refractivity contribution < 1.29 is 9.53 Å². The lowest BCUT2D eigenvalue weighted by Crippen LogP contribution is -2.49. The molecule has 0 bridgehead atoms. The second-order valence-electron chi connectivity index (χ2n) is 5.10. The van der Waals surface area contributed by atoms with E-state index in [1.54, 1.807) is 7.11 Å². The lowest BCUT2D eigenvalue weighted by molar-refractivity contribution is -0.122. The fraction of sp³-hybridized carbons (Fsp3) is 0.923. The lowest BCUT2D eigenvalue weighted by atomic mass is 10.3. The number of amides is 1. The van der Waals surface area contributed by atoms with Gasteiger partial charge in [0.1, 0.15) is 0 Å². The number of nitrogens with one attached hydrogen (secondary N) is 2. The molecule has 0 aromatic carbocycles. The Hall–Kier alpha value is -0.690. The fourth-order valence-corrected chi connectivity index (χ4v) is 2.03. The molecule has 1 saturated heterocycles. The van der Waals surface area contributed by atoms with Gasteiger partial charge < -0.3 is 20.3 Å². The monoisotopic (exact) mass is 272 g/mol. The van der Waals surface area contributed by atoms with Crippen LogP contribution in [-0.2, 0) is 9.53 Å². The van der Waals surface area contributed by atoms with Crippen molar-refractivity contribution in [3.8, 4) is 0 Å². The van der Waals surface area contributed by atoms with Crippen LogP contribution in [0.15, 0.2) is 0 Å². The van der Waals surface area contributed by atoms with Crippen LogP contribution in [0.4, 0.5) is 0 Å². The summed E-state index contributed by atoms with van der Waals surface area (Å²) in [6.07, 6.45) is 0. The van der Waals surface area contributed by atoms with E-state index >= 15 is 0 Å². The third-order valence-corrected chi connectivity index (χ3v) is 3.47. The summed E-state index contributed by atoms with van der Waals surface area (Å²) in [6.45, 7) is 9.37. The molecule has 0 radical (unpaired) electrons. The van der Waals surface area contributed by atoms with Crippen molar-refractivity contribution in [3.63, 3.8) is 0 Å². The van der Waals surface area contributed by atoms with Gasteiger partial charge in [0.05, 0.1) is 12.6 Å². The molecule has 6 heteroatoms. The van der Waals surface area contributed by atoms with Crippen LogP contribution in [0, 0.1) is 0 Å². The van der Waals surface area contributed by atoms with E-state index in [9.17, 15) is 4.79 Å². The highest BCUT2D eigenvalue weighted by molar-refractivity contribution is 5.81. The smallest absolute Gasteiger partial charge is 0.236 e. The van der Waals surface area contributed by atoms with Gasteiger partial charge in [0.15, 0.2) is 0 Å². The summed E-state index contributed by atoms with van der Waals surface area (Å²) in [7, 11) is 3.78. The fourth-order valence-electron chi connectivity index (χ4n) is 2.03. The molecule has 1 aliphatic rings. The van der Waals surface area contributed by atoms with Gasteiger partial charge in [-0.05, 0) is 14.0 Å². The molecular weight excluding hydrogens is 244 g/mol. The molecule has 1 heterocycles. The topological polar surface area (TPSA) is 56.8 Å². The van der Waals surface area contributed by atoms with Gasteiger partial charge >= 0.3 is 0 Å². The highest BCUT2D eigenvalue weighted by atomic mass is 16.5. The van der Waals surface area contributed by atoms with Gasteiger partial charge in [-0.1, -0.05) is 0 Å². The number of hydrogen-bond donors (Lipinski definition) is 2. The van der Waals surface area contributed by atoms with Crippen molar-refractivity contribution in [2.45, 2.75) is 13.0 Å². The van der Waals surface area contributed by atoms with Crippen LogP contribution in [0.5, 0.6) is 0 Å². The number of rotatable bonds is 8. The predicted molar refractivity (Wildman–Crippen MR) is 76.3 cm³/mol. The van der Waals surface area contributed by atoms with E-state index in [0.29, 0.717) is 13.2 Å². The Morgan fingerprint density at radius 2 is 1.95 bits per heavy atom. The van der Waals surface area contributed by atoms with Crippen molar-refractivity contribution in [3.05, 3.63) is 0 Å². The van der Waals surface area contributed by atoms with Gasteiger partial charge in [-0.25, -0.2) is 0 Å². The van der Waals surface area contributed by atoms with E-state index in [0.717, 1.165) is 39.3 Å². The SMILES string of the molecule is COCCNC(=O)C(C)NCCN1CCN(C)CC1. The van der Waals surface area contributed by atoms with Gasteiger partial charge in [-0.3, -0.25) is 9.69 Å². The Labute approximate surface area is 116 Å². The van der Waals surface area contributed by atoms with E-state index < -0.39 is 0 Å². The Kier molecular flexibility index (Phi) is 7.97. The summed E-state index contributed by atoms with van der Waals surface area (Å²) in [6, 6.07) is -0.149. The number of carbonyl (C=O) groups excluding carboxylic acids is 1. The molecule has 0 spiro atoms. The molecule has 1 aliphatic heterocycles. The number of methoxy groups -OCH3 is 1. The largest absolute Gasteiger partial charge is 0.383 e. The first-order valence-electron chi connectivity index (χ1n) is 7.04. The van der Waals surface area contributed by atoms with Gasteiger partial charge in [-0.2, -0.15) is 0 Å². The molecule has 0 aromatic heterocycles. The van der Waals surface area contributed by atoms with Crippen LogP contribution in [0.2, 0.25) is 0 Å². The number of nitrogens with zero attached hydrogens (tertiary/aromatic N) is 2. The zero-order valence-electron chi connectivity index (χ0n) is 12.4. The summed E-state index contributed by atoms with van der Waals surface area (Å²) in [5.74, 6) is 0.0374. The summed E-state index contributed by atoms with van der Waals surface area (Å²) in [5.41, 5.74) is 0. The number of piperazine rings is 1. The highest BCUT2D eigenvalue weighted by Crippen LogP contribution is 1.97. The van der Waals surface area contributed by atoms with Crippen molar-refractivity contribution in [1.29, 1.82) is 0 Å². The highest BCUT2D eigenvalue weighted by Gasteiger charge is 2.15. The van der Waals surface area contributed by atoms with Gasteiger partial charge in [0.2, 0.25) is 5.91 Å². The average molecular weight is 272 g/mol. The number of ether oxygens (including phenoxy) is 1. The molecule has 6 nitrogen and oxygen atoms in total. The molecule has 1 atom stereocenters. The maximum Gasteiger partial charge on any atom is 0.236 e. The van der Waals surface area contributed by atoms with E-state index in [1.165, 1.54) is 0 Å². The zero-order valence-corrected chi connectivity index (χ0v) is 12.4. The third kappa shape index (κ3) is 6.87. The summed E-state index contributed by atoms with van der Waals surface area (Å²) < 4.78 is 4.90. The lowest BCUT2D eigenvalue weighted by Gasteiger charge is -2.32. The second kappa shape index (κ2) is 9.25. The first-order valence-corrected chi connectivity index (χ1v) is 7.04. The normalized spacial score (nSPS) is 19.3. The van der Waals surface area contributed by atoms with Crippen LogP contribution in [0.25, 0.3) is 0 Å². The van der Waals surface area contributed by atoms with Crippen molar-refractivity contribution in [2.75, 3.05) is 66.6 Å². The van der Waals surface area contributed by atoms with Crippen LogP contribution < -0.4 is 10.6 Å². The summed E-state index contributed by atoms with van der Waals surface area (Å²) in [4.78, 5) is 16.5. The quantitative estimate of drug-likeness (QED) is 0.554. The molecule has 0 aromatic rings. The van der Waals surface area contributed by atoms with Gasteiger partial charge in [0, 0.05) is 52.9 Å². The van der Waals surface area contributed by atoms with Gasteiger partial charge in [-0.15, -0.1) is 0 Å². The molecule has 19 heavy (non-hydrogen) atoms. The molecule has 1 fully saturated rings. The maximum atomic E-state index is 11.7. The maximum absolute atomic E-state index is 11.7. The first-order chi connectivity index (χ1) is 9.13.